The second kappa shape index (κ2) is 7.94. The highest BCUT2D eigenvalue weighted by Gasteiger charge is 2.37. The molecule has 0 heterocycles. The van der Waals surface area contributed by atoms with E-state index in [0.717, 1.165) is 0 Å². The second-order valence-electron chi connectivity index (χ2n) is 4.13. The van der Waals surface area contributed by atoms with Gasteiger partial charge in [-0.25, -0.2) is 4.39 Å². The molecule has 0 aromatic rings. The van der Waals surface area contributed by atoms with Crippen molar-refractivity contribution in [1.82, 2.24) is 0 Å². The molecule has 0 bridgehead atoms. The van der Waals surface area contributed by atoms with Crippen LogP contribution in [-0.4, -0.2) is 31.4 Å². The Hall–Kier alpha value is -0.500. The lowest BCUT2D eigenvalue weighted by Gasteiger charge is -2.26. The zero-order valence-corrected chi connectivity index (χ0v) is 10.8. The Labute approximate surface area is 108 Å². The smallest absolute Gasteiger partial charge is 0.315 e. The van der Waals surface area contributed by atoms with Crippen LogP contribution in [0.5, 0.6) is 0 Å². The summed E-state index contributed by atoms with van der Waals surface area (Å²) >= 11 is 0. The van der Waals surface area contributed by atoms with Crippen LogP contribution in [0.15, 0.2) is 0 Å². The fraction of sp³-hybridized carbons (Fsp3) is 1.00. The highest BCUT2D eigenvalue weighted by atomic mass is 19.4. The van der Waals surface area contributed by atoms with E-state index >= 15 is 0 Å². The van der Waals surface area contributed by atoms with E-state index in [-0.39, 0.29) is 19.3 Å². The quantitative estimate of drug-likeness (QED) is 0.586. The maximum absolute atomic E-state index is 12.8. The van der Waals surface area contributed by atoms with Crippen LogP contribution in [0, 0.1) is 0 Å². The van der Waals surface area contributed by atoms with Crippen LogP contribution in [0.3, 0.4) is 0 Å². The Kier molecular flexibility index (Phi) is 7.73. The zero-order chi connectivity index (χ0) is 15.1. The molecule has 0 amide bonds. The minimum absolute atomic E-state index is 0.00964. The van der Waals surface area contributed by atoms with Crippen molar-refractivity contribution in [2.45, 2.75) is 64.2 Å². The van der Waals surface area contributed by atoms with Gasteiger partial charge in [-0.2, -0.15) is 8.78 Å². The first kappa shape index (κ1) is 18.5. The van der Waals surface area contributed by atoms with Gasteiger partial charge in [0.25, 0.3) is 0 Å². The van der Waals surface area contributed by atoms with Gasteiger partial charge in [-0.3, -0.25) is 4.74 Å². The normalized spacial score (nSPS) is 16.4. The van der Waals surface area contributed by atoms with Crippen LogP contribution in [0.1, 0.15) is 39.5 Å². The van der Waals surface area contributed by atoms with Crippen molar-refractivity contribution in [2.24, 2.45) is 0 Å². The number of ether oxygens (including phenoxy) is 2. The Morgan fingerprint density at radius 2 is 1.53 bits per heavy atom. The van der Waals surface area contributed by atoms with E-state index in [4.69, 9.17) is 0 Å². The van der Waals surface area contributed by atoms with Gasteiger partial charge < -0.3 is 4.74 Å². The number of rotatable bonds is 9. The maximum Gasteiger partial charge on any atom is 0.522 e. The number of hydrogen-bond acceptors (Lipinski definition) is 2. The molecule has 19 heavy (non-hydrogen) atoms. The molecular formula is C11H18F6O2. The molecular weight excluding hydrogens is 278 g/mol. The zero-order valence-electron chi connectivity index (χ0n) is 10.8. The van der Waals surface area contributed by atoms with Gasteiger partial charge in [-0.15, -0.1) is 13.2 Å². The summed E-state index contributed by atoms with van der Waals surface area (Å²) in [5.41, 5.74) is 0. The average molecular weight is 296 g/mol. The third-order valence-electron chi connectivity index (χ3n) is 2.39. The van der Waals surface area contributed by atoms with Crippen LogP contribution < -0.4 is 0 Å². The Balaban J connectivity index is 4.53. The minimum Gasteiger partial charge on any atom is -0.315 e. The van der Waals surface area contributed by atoms with Crippen molar-refractivity contribution >= 4 is 0 Å². The molecule has 8 heteroatoms. The standard InChI is InChI=1S/C11H18F6O2/c1-3-5-9(18-10(13,14)7-12)6-8(4-2)19-11(15,16)17/h8-9H,3-7H2,1-2H3/t8-,9?/m0/s1. The molecule has 0 aliphatic heterocycles. The average Bonchev–Trinajstić information content (AvgIpc) is 2.26. The molecule has 0 spiro atoms. The first-order valence-corrected chi connectivity index (χ1v) is 5.99. The van der Waals surface area contributed by atoms with E-state index in [9.17, 15) is 26.3 Å². The van der Waals surface area contributed by atoms with Gasteiger partial charge in [0.2, 0.25) is 0 Å². The molecule has 0 aliphatic rings. The van der Waals surface area contributed by atoms with E-state index in [0.29, 0.717) is 6.42 Å². The van der Waals surface area contributed by atoms with Crippen LogP contribution in [0.4, 0.5) is 26.3 Å². The van der Waals surface area contributed by atoms with Crippen molar-refractivity contribution in [3.8, 4) is 0 Å². The fourth-order valence-corrected chi connectivity index (χ4v) is 1.60. The first-order chi connectivity index (χ1) is 8.63. The molecule has 116 valence electrons. The minimum atomic E-state index is -4.83. The molecule has 1 unspecified atom stereocenters. The Morgan fingerprint density at radius 1 is 0.947 bits per heavy atom. The monoisotopic (exact) mass is 296 g/mol. The van der Waals surface area contributed by atoms with Gasteiger partial charge in [0.15, 0.2) is 6.67 Å². The summed E-state index contributed by atoms with van der Waals surface area (Å²) in [5, 5.41) is 0. The topological polar surface area (TPSA) is 18.5 Å². The van der Waals surface area contributed by atoms with E-state index in [1.807, 2.05) is 0 Å². The van der Waals surface area contributed by atoms with Crippen molar-refractivity contribution < 1.29 is 35.8 Å². The van der Waals surface area contributed by atoms with Gasteiger partial charge in [0, 0.05) is 6.42 Å². The summed E-state index contributed by atoms with van der Waals surface area (Å²) in [6, 6.07) is 0. The lowest BCUT2D eigenvalue weighted by Crippen LogP contribution is -2.34. The SMILES string of the molecule is CCCC(C[C@H](CC)OC(F)(F)F)OC(F)(F)CF. The summed E-state index contributed by atoms with van der Waals surface area (Å²) in [5.74, 6) is 0. The largest absolute Gasteiger partial charge is 0.522 e. The van der Waals surface area contributed by atoms with Crippen LogP contribution in [-0.2, 0) is 9.47 Å². The molecule has 0 aromatic carbocycles. The molecule has 0 saturated heterocycles. The molecule has 0 fully saturated rings. The molecule has 0 saturated carbocycles. The third kappa shape index (κ3) is 9.10. The summed E-state index contributed by atoms with van der Waals surface area (Å²) < 4.78 is 81.7. The summed E-state index contributed by atoms with van der Waals surface area (Å²) in [6.45, 7) is 1.09. The van der Waals surface area contributed by atoms with Crippen molar-refractivity contribution in [1.29, 1.82) is 0 Å². The van der Waals surface area contributed by atoms with E-state index in [2.05, 4.69) is 9.47 Å². The molecule has 2 atom stereocenters. The van der Waals surface area contributed by atoms with Gasteiger partial charge in [-0.05, 0) is 12.8 Å². The Bertz CT molecular complexity index is 244. The highest BCUT2D eigenvalue weighted by Crippen LogP contribution is 2.27. The lowest BCUT2D eigenvalue weighted by atomic mass is 10.1. The maximum atomic E-state index is 12.8. The number of halogens is 6. The second-order valence-corrected chi connectivity index (χ2v) is 4.13. The van der Waals surface area contributed by atoms with Crippen molar-refractivity contribution in [3.63, 3.8) is 0 Å². The van der Waals surface area contributed by atoms with Crippen molar-refractivity contribution in [2.75, 3.05) is 6.67 Å². The Morgan fingerprint density at radius 3 is 1.89 bits per heavy atom. The van der Waals surface area contributed by atoms with Gasteiger partial charge in [0.1, 0.15) is 0 Å². The first-order valence-electron chi connectivity index (χ1n) is 5.99. The molecule has 0 aromatic heterocycles. The van der Waals surface area contributed by atoms with E-state index in [1.54, 1.807) is 6.92 Å². The van der Waals surface area contributed by atoms with Gasteiger partial charge in [-0.1, -0.05) is 20.3 Å². The predicted octanol–water partition coefficient (Wildman–Crippen LogP) is 4.44. The summed E-state index contributed by atoms with van der Waals surface area (Å²) in [7, 11) is 0. The molecule has 0 rings (SSSR count). The van der Waals surface area contributed by atoms with Gasteiger partial charge in [0.05, 0.1) is 12.2 Å². The number of alkyl halides is 6. The van der Waals surface area contributed by atoms with Crippen molar-refractivity contribution in [3.05, 3.63) is 0 Å². The van der Waals surface area contributed by atoms with E-state index < -0.39 is 31.4 Å². The van der Waals surface area contributed by atoms with Crippen LogP contribution >= 0.6 is 0 Å². The fourth-order valence-electron chi connectivity index (χ4n) is 1.60. The molecule has 0 N–H and O–H groups in total. The highest BCUT2D eigenvalue weighted by molar-refractivity contribution is 4.68. The lowest BCUT2D eigenvalue weighted by molar-refractivity contribution is -0.348. The summed E-state index contributed by atoms with van der Waals surface area (Å²) in [6.07, 6.45) is -11.1. The third-order valence-corrected chi connectivity index (χ3v) is 2.39. The predicted molar refractivity (Wildman–Crippen MR) is 56.5 cm³/mol. The van der Waals surface area contributed by atoms with Crippen LogP contribution in [0.2, 0.25) is 0 Å². The number of hydrogen-bond donors (Lipinski definition) is 0. The van der Waals surface area contributed by atoms with Crippen LogP contribution in [0.25, 0.3) is 0 Å². The summed E-state index contributed by atoms with van der Waals surface area (Å²) in [4.78, 5) is 0. The molecule has 2 nitrogen and oxygen atoms in total. The molecule has 0 radical (unpaired) electrons. The molecule has 0 aliphatic carbocycles. The van der Waals surface area contributed by atoms with E-state index in [1.165, 1.54) is 6.92 Å². The van der Waals surface area contributed by atoms with Gasteiger partial charge >= 0.3 is 12.5 Å².